The average molecular weight is 350 g/mol. The summed E-state index contributed by atoms with van der Waals surface area (Å²) in [4.78, 5) is 0. The second-order valence-electron chi connectivity index (χ2n) is 5.22. The van der Waals surface area contributed by atoms with E-state index in [1.807, 2.05) is 26.0 Å². The zero-order valence-electron chi connectivity index (χ0n) is 13.9. The Morgan fingerprint density at radius 1 is 1.04 bits per heavy atom. The maximum Gasteiger partial charge on any atom is 0.161 e. The molecule has 2 aromatic rings. The van der Waals surface area contributed by atoms with Crippen LogP contribution in [0.3, 0.4) is 0 Å². The van der Waals surface area contributed by atoms with E-state index in [1.54, 1.807) is 25.3 Å². The minimum absolute atomic E-state index is 0.344. The van der Waals surface area contributed by atoms with Crippen LogP contribution in [0.2, 0.25) is 5.02 Å². The Morgan fingerprint density at radius 3 is 2.33 bits per heavy atom. The van der Waals surface area contributed by atoms with Crippen molar-refractivity contribution in [2.45, 2.75) is 13.8 Å². The summed E-state index contributed by atoms with van der Waals surface area (Å²) in [6, 6.07) is 9.04. The molecule has 0 amide bonds. The normalized spacial score (nSPS) is 10.8. The number of nitrogens with zero attached hydrogens (tertiary/aromatic N) is 1. The third kappa shape index (κ3) is 4.55. The molecular formula is C18H20ClNO4. The van der Waals surface area contributed by atoms with E-state index in [0.717, 1.165) is 21.9 Å². The Bertz CT molecular complexity index is 708. The number of halogens is 1. The molecule has 1 N–H and O–H groups in total. The number of hydrogen-bond donors (Lipinski definition) is 1. The number of ether oxygens (including phenoxy) is 3. The van der Waals surface area contributed by atoms with Gasteiger partial charge in [-0.25, -0.2) is 0 Å². The molecule has 6 heteroatoms. The fraction of sp³-hybridized carbons (Fsp3) is 0.278. The Labute approximate surface area is 146 Å². The summed E-state index contributed by atoms with van der Waals surface area (Å²) in [7, 11) is 1.57. The van der Waals surface area contributed by atoms with Gasteiger partial charge in [0.15, 0.2) is 11.5 Å². The van der Waals surface area contributed by atoms with Crippen molar-refractivity contribution in [3.05, 3.63) is 52.0 Å². The first-order valence-electron chi connectivity index (χ1n) is 7.43. The molecule has 24 heavy (non-hydrogen) atoms. The molecule has 0 aliphatic carbocycles. The van der Waals surface area contributed by atoms with Gasteiger partial charge in [0.2, 0.25) is 0 Å². The Balaban J connectivity index is 1.95. The van der Waals surface area contributed by atoms with Gasteiger partial charge in [-0.15, -0.1) is 0 Å². The molecule has 0 spiro atoms. The fourth-order valence-electron chi connectivity index (χ4n) is 2.25. The fourth-order valence-corrected chi connectivity index (χ4v) is 2.36. The van der Waals surface area contributed by atoms with Gasteiger partial charge in [-0.05, 0) is 55.3 Å². The summed E-state index contributed by atoms with van der Waals surface area (Å²) in [5.41, 5.74) is 2.66. The lowest BCUT2D eigenvalue weighted by Crippen LogP contribution is -2.10. The van der Waals surface area contributed by atoms with Crippen LogP contribution in [0.4, 0.5) is 0 Å². The highest BCUT2D eigenvalue weighted by molar-refractivity contribution is 6.32. The lowest BCUT2D eigenvalue weighted by molar-refractivity contribution is 0.211. The molecule has 2 aromatic carbocycles. The van der Waals surface area contributed by atoms with E-state index < -0.39 is 0 Å². The summed E-state index contributed by atoms with van der Waals surface area (Å²) in [5.74, 6) is 1.91. The van der Waals surface area contributed by atoms with Crippen molar-refractivity contribution < 1.29 is 19.4 Å². The molecule has 0 saturated heterocycles. The van der Waals surface area contributed by atoms with Crippen LogP contribution in [-0.4, -0.2) is 31.7 Å². The van der Waals surface area contributed by atoms with Gasteiger partial charge >= 0.3 is 0 Å². The van der Waals surface area contributed by atoms with Crippen LogP contribution in [0.1, 0.15) is 16.7 Å². The molecule has 5 nitrogen and oxygen atoms in total. The van der Waals surface area contributed by atoms with E-state index in [4.69, 9.17) is 31.0 Å². The summed E-state index contributed by atoms with van der Waals surface area (Å²) >= 11 is 6.14. The topological polar surface area (TPSA) is 60.3 Å². The predicted molar refractivity (Wildman–Crippen MR) is 94.3 cm³/mol. The minimum Gasteiger partial charge on any atom is -0.493 e. The molecule has 0 unspecified atom stereocenters. The van der Waals surface area contributed by atoms with Crippen molar-refractivity contribution in [2.24, 2.45) is 5.16 Å². The first-order valence-corrected chi connectivity index (χ1v) is 7.80. The van der Waals surface area contributed by atoms with Gasteiger partial charge in [0.1, 0.15) is 19.0 Å². The number of methoxy groups -OCH3 is 1. The molecule has 0 bridgehead atoms. The summed E-state index contributed by atoms with van der Waals surface area (Å²) < 4.78 is 16.7. The van der Waals surface area contributed by atoms with Crippen LogP contribution in [0.25, 0.3) is 0 Å². The van der Waals surface area contributed by atoms with Crippen LogP contribution < -0.4 is 14.2 Å². The first kappa shape index (κ1) is 17.9. The third-order valence-electron chi connectivity index (χ3n) is 3.41. The smallest absolute Gasteiger partial charge is 0.161 e. The van der Waals surface area contributed by atoms with Crippen LogP contribution >= 0.6 is 11.6 Å². The van der Waals surface area contributed by atoms with Crippen LogP contribution in [0, 0.1) is 13.8 Å². The van der Waals surface area contributed by atoms with Gasteiger partial charge in [0.25, 0.3) is 0 Å². The lowest BCUT2D eigenvalue weighted by atomic mass is 10.1. The molecule has 0 heterocycles. The van der Waals surface area contributed by atoms with Crippen molar-refractivity contribution >= 4 is 17.8 Å². The lowest BCUT2D eigenvalue weighted by Gasteiger charge is -2.13. The van der Waals surface area contributed by atoms with Crippen LogP contribution in [0.5, 0.6) is 17.2 Å². The van der Waals surface area contributed by atoms with Gasteiger partial charge < -0.3 is 19.4 Å². The van der Waals surface area contributed by atoms with Crippen molar-refractivity contribution in [3.63, 3.8) is 0 Å². The molecule has 0 aliphatic rings. The van der Waals surface area contributed by atoms with Gasteiger partial charge in [-0.3, -0.25) is 0 Å². The number of benzene rings is 2. The minimum atomic E-state index is 0.344. The number of hydrogen-bond acceptors (Lipinski definition) is 5. The van der Waals surface area contributed by atoms with E-state index in [0.29, 0.717) is 30.3 Å². The van der Waals surface area contributed by atoms with Crippen molar-refractivity contribution in [1.29, 1.82) is 0 Å². The number of oxime groups is 1. The van der Waals surface area contributed by atoms with Crippen LogP contribution in [0.15, 0.2) is 35.5 Å². The monoisotopic (exact) mass is 349 g/mol. The summed E-state index contributed by atoms with van der Waals surface area (Å²) in [6.45, 7) is 4.61. The third-order valence-corrected chi connectivity index (χ3v) is 4.01. The van der Waals surface area contributed by atoms with Gasteiger partial charge in [-0.1, -0.05) is 16.8 Å². The van der Waals surface area contributed by atoms with Crippen molar-refractivity contribution in [1.82, 2.24) is 0 Å². The van der Waals surface area contributed by atoms with Gasteiger partial charge in [0, 0.05) is 10.6 Å². The molecule has 0 saturated carbocycles. The van der Waals surface area contributed by atoms with E-state index in [2.05, 4.69) is 5.16 Å². The van der Waals surface area contributed by atoms with E-state index in [-0.39, 0.29) is 0 Å². The first-order chi connectivity index (χ1) is 11.5. The highest BCUT2D eigenvalue weighted by Gasteiger charge is 2.07. The molecule has 0 aliphatic heterocycles. The zero-order valence-corrected chi connectivity index (χ0v) is 14.6. The number of rotatable bonds is 7. The second kappa shape index (κ2) is 8.45. The number of aryl methyl sites for hydroxylation is 2. The second-order valence-corrected chi connectivity index (χ2v) is 5.60. The maximum absolute atomic E-state index is 8.61. The quantitative estimate of drug-likeness (QED) is 0.351. The molecule has 0 aromatic heterocycles. The van der Waals surface area contributed by atoms with E-state index in [9.17, 15) is 0 Å². The van der Waals surface area contributed by atoms with Crippen molar-refractivity contribution in [2.75, 3.05) is 20.3 Å². The molecule has 0 fully saturated rings. The van der Waals surface area contributed by atoms with Gasteiger partial charge in [0.05, 0.1) is 13.3 Å². The van der Waals surface area contributed by atoms with E-state index >= 15 is 0 Å². The highest BCUT2D eigenvalue weighted by atomic mass is 35.5. The zero-order chi connectivity index (χ0) is 17.5. The molecule has 2 rings (SSSR count). The van der Waals surface area contributed by atoms with E-state index in [1.165, 1.54) is 6.21 Å². The molecular weight excluding hydrogens is 330 g/mol. The largest absolute Gasteiger partial charge is 0.493 e. The van der Waals surface area contributed by atoms with Crippen molar-refractivity contribution in [3.8, 4) is 17.2 Å². The van der Waals surface area contributed by atoms with Gasteiger partial charge in [-0.2, -0.15) is 0 Å². The molecule has 128 valence electrons. The summed E-state index contributed by atoms with van der Waals surface area (Å²) in [5, 5.41) is 12.4. The summed E-state index contributed by atoms with van der Waals surface area (Å²) in [6.07, 6.45) is 1.32. The Hall–Kier alpha value is -2.40. The average Bonchev–Trinajstić information content (AvgIpc) is 2.57. The Kier molecular flexibility index (Phi) is 6.32. The SMILES string of the molecule is COc1ccc(C=NO)cc1OCCOc1cc(C)c(Cl)c(C)c1. The standard InChI is InChI=1S/C18H20ClNO4/c1-12-8-15(9-13(2)18(12)19)23-6-7-24-17-10-14(11-20-21)4-5-16(17)22-3/h4-5,8-11,21H,6-7H2,1-3H3. The van der Waals surface area contributed by atoms with Crippen LogP contribution in [-0.2, 0) is 0 Å². The molecule has 0 atom stereocenters. The highest BCUT2D eigenvalue weighted by Crippen LogP contribution is 2.28. The predicted octanol–water partition coefficient (Wildman–Crippen LogP) is 4.23. The maximum atomic E-state index is 8.61. The molecule has 0 radical (unpaired) electrons. The Morgan fingerprint density at radius 2 is 1.71 bits per heavy atom.